The van der Waals surface area contributed by atoms with Crippen LogP contribution in [0.1, 0.15) is 0 Å². The molecule has 7 heteroatoms. The van der Waals surface area contributed by atoms with Crippen LogP contribution in [0.25, 0.3) is 142 Å². The molecule has 5 heterocycles. The van der Waals surface area contributed by atoms with Gasteiger partial charge in [0.1, 0.15) is 5.58 Å². The fourth-order valence-electron chi connectivity index (χ4n) is 10.8. The van der Waals surface area contributed by atoms with Crippen LogP contribution in [0.3, 0.4) is 0 Å². The first-order valence-electron chi connectivity index (χ1n) is 23.5. The molecule has 70 heavy (non-hydrogen) atoms. The predicted molar refractivity (Wildman–Crippen MR) is 290 cm³/mol. The van der Waals surface area contributed by atoms with Gasteiger partial charge in [0, 0.05) is 64.5 Å². The summed E-state index contributed by atoms with van der Waals surface area (Å²) in [6.07, 6.45) is 0. The van der Waals surface area contributed by atoms with Gasteiger partial charge in [-0.25, -0.2) is 15.0 Å². The van der Waals surface area contributed by atoms with Gasteiger partial charge in [-0.15, -0.1) is 11.3 Å². The Labute approximate surface area is 404 Å². The van der Waals surface area contributed by atoms with Gasteiger partial charge in [0.05, 0.1) is 38.1 Å². The Morgan fingerprint density at radius 2 is 0.786 bits per heavy atom. The van der Waals surface area contributed by atoms with Crippen molar-refractivity contribution in [1.29, 1.82) is 0 Å². The van der Waals surface area contributed by atoms with Crippen molar-refractivity contribution in [3.63, 3.8) is 0 Å². The number of thiophene rings is 1. The fraction of sp³-hybridized carbons (Fsp3) is 0. The molecule has 10 aromatic carbocycles. The maximum Gasteiger partial charge on any atom is 0.165 e. The van der Waals surface area contributed by atoms with Crippen LogP contribution in [-0.2, 0) is 0 Å². The Bertz CT molecular complexity index is 4540. The minimum atomic E-state index is 0.649. The van der Waals surface area contributed by atoms with E-state index in [9.17, 15) is 0 Å². The number of rotatable bonds is 6. The average Bonchev–Trinajstić information content (AvgIpc) is 4.19. The van der Waals surface area contributed by atoms with Crippen LogP contribution in [0, 0.1) is 0 Å². The first-order valence-corrected chi connectivity index (χ1v) is 24.3. The Hall–Kier alpha value is -9.17. The topological polar surface area (TPSA) is 61.7 Å². The standard InChI is InChI=1S/C63H37N5OS/c1-3-16-38(17-4-1)61-64-62(39-18-5-2-6-19-39)66-63(65-61)48-26-13-24-46-47-25-15-30-56(60(47)70-59(46)48)68-52-28-11-8-21-43(52)50-37-41(33-35-54(50)68)40-32-34-53-49(36-40)42-20-7-10-27-51(42)67(53)55-29-14-23-45-44-22-9-12-31-57(44)69-58(45)55/h1-37H. The minimum Gasteiger partial charge on any atom is -0.454 e. The van der Waals surface area contributed by atoms with Crippen molar-refractivity contribution < 1.29 is 4.42 Å². The molecule has 15 aromatic rings. The number of nitrogens with zero attached hydrogens (tertiary/aromatic N) is 5. The van der Waals surface area contributed by atoms with E-state index in [2.05, 4.69) is 185 Å². The second kappa shape index (κ2) is 15.2. The SMILES string of the molecule is c1ccc(-c2nc(-c3ccccc3)nc(-c3cccc4c3sc3c(-n5c6ccccc6c6cc(-c7ccc8c(c7)c7ccccc7n8-c7cccc8c7oc7ccccc78)ccc65)cccc34)n2)cc1. The highest BCUT2D eigenvalue weighted by molar-refractivity contribution is 7.26. The van der Waals surface area contributed by atoms with Gasteiger partial charge in [0.25, 0.3) is 0 Å². The summed E-state index contributed by atoms with van der Waals surface area (Å²) >= 11 is 1.80. The van der Waals surface area contributed by atoms with E-state index in [1.165, 1.54) is 48.1 Å². The Kier molecular flexibility index (Phi) is 8.43. The van der Waals surface area contributed by atoms with Crippen molar-refractivity contribution in [1.82, 2.24) is 24.1 Å². The van der Waals surface area contributed by atoms with Crippen molar-refractivity contribution in [3.8, 4) is 56.7 Å². The van der Waals surface area contributed by atoms with E-state index in [1.54, 1.807) is 11.3 Å². The van der Waals surface area contributed by atoms with Crippen molar-refractivity contribution in [3.05, 3.63) is 224 Å². The van der Waals surface area contributed by atoms with Gasteiger partial charge < -0.3 is 13.6 Å². The van der Waals surface area contributed by atoms with Crippen LogP contribution < -0.4 is 0 Å². The zero-order valence-corrected chi connectivity index (χ0v) is 38.2. The molecular weight excluding hydrogens is 875 g/mol. The summed E-state index contributed by atoms with van der Waals surface area (Å²) in [7, 11) is 0. The highest BCUT2D eigenvalue weighted by Gasteiger charge is 2.22. The molecule has 0 N–H and O–H groups in total. The number of fused-ring (bicyclic) bond motifs is 12. The van der Waals surface area contributed by atoms with Crippen molar-refractivity contribution in [2.45, 2.75) is 0 Å². The summed E-state index contributed by atoms with van der Waals surface area (Å²) in [6.45, 7) is 0. The van der Waals surface area contributed by atoms with E-state index in [0.29, 0.717) is 17.5 Å². The van der Waals surface area contributed by atoms with Crippen LogP contribution in [0.15, 0.2) is 229 Å². The molecule has 15 rings (SSSR count). The van der Waals surface area contributed by atoms with Gasteiger partial charge in [0.15, 0.2) is 23.1 Å². The minimum absolute atomic E-state index is 0.649. The molecule has 0 saturated heterocycles. The number of para-hydroxylation sites is 4. The molecule has 0 aliphatic carbocycles. The highest BCUT2D eigenvalue weighted by Crippen LogP contribution is 2.45. The summed E-state index contributed by atoms with van der Waals surface area (Å²) in [5, 5.41) is 9.44. The third kappa shape index (κ3) is 5.82. The molecule has 0 unspecified atom stereocenters. The van der Waals surface area contributed by atoms with Crippen molar-refractivity contribution in [2.75, 3.05) is 0 Å². The van der Waals surface area contributed by atoms with Crippen molar-refractivity contribution in [2.24, 2.45) is 0 Å². The van der Waals surface area contributed by atoms with Crippen LogP contribution in [0.4, 0.5) is 0 Å². The van der Waals surface area contributed by atoms with Gasteiger partial charge in [-0.2, -0.15) is 0 Å². The lowest BCUT2D eigenvalue weighted by atomic mass is 10.0. The van der Waals surface area contributed by atoms with Gasteiger partial charge in [-0.1, -0.05) is 164 Å². The monoisotopic (exact) mass is 911 g/mol. The molecule has 0 amide bonds. The Morgan fingerprint density at radius 3 is 1.43 bits per heavy atom. The third-order valence-corrected chi connectivity index (χ3v) is 15.3. The zero-order chi connectivity index (χ0) is 45.9. The summed E-state index contributed by atoms with van der Waals surface area (Å²) in [5.41, 5.74) is 13.8. The number of hydrogen-bond acceptors (Lipinski definition) is 5. The van der Waals surface area contributed by atoms with E-state index in [1.807, 2.05) is 48.5 Å². The Balaban J connectivity index is 0.884. The van der Waals surface area contributed by atoms with Crippen molar-refractivity contribution >= 4 is 97.1 Å². The number of aromatic nitrogens is 5. The van der Waals surface area contributed by atoms with Gasteiger partial charge >= 0.3 is 0 Å². The van der Waals surface area contributed by atoms with E-state index >= 15 is 0 Å². The molecular formula is C63H37N5OS. The molecule has 5 aromatic heterocycles. The molecule has 0 bridgehead atoms. The van der Waals surface area contributed by atoms with Gasteiger partial charge in [0.2, 0.25) is 0 Å². The summed E-state index contributed by atoms with van der Waals surface area (Å²) < 4.78 is 13.7. The maximum absolute atomic E-state index is 6.58. The lowest BCUT2D eigenvalue weighted by Crippen LogP contribution is -2.00. The molecule has 0 saturated carbocycles. The Morgan fingerprint density at radius 1 is 0.314 bits per heavy atom. The van der Waals surface area contributed by atoms with Crippen LogP contribution >= 0.6 is 11.3 Å². The highest BCUT2D eigenvalue weighted by atomic mass is 32.1. The first-order chi connectivity index (χ1) is 34.7. The summed E-state index contributed by atoms with van der Waals surface area (Å²) in [6, 6.07) is 79.7. The molecule has 0 radical (unpaired) electrons. The number of furan rings is 1. The molecule has 0 aliphatic rings. The molecule has 0 spiro atoms. The van der Waals surface area contributed by atoms with Crippen LogP contribution in [0.2, 0.25) is 0 Å². The van der Waals surface area contributed by atoms with Crippen LogP contribution in [0.5, 0.6) is 0 Å². The quantitative estimate of drug-likeness (QED) is 0.167. The molecule has 0 atom stereocenters. The first kappa shape index (κ1) is 38.9. The van der Waals surface area contributed by atoms with E-state index in [-0.39, 0.29) is 0 Å². The lowest BCUT2D eigenvalue weighted by molar-refractivity contribution is 0.666. The normalized spacial score (nSPS) is 12.0. The maximum atomic E-state index is 6.58. The summed E-state index contributed by atoms with van der Waals surface area (Å²) in [4.78, 5) is 15.3. The average molecular weight is 912 g/mol. The van der Waals surface area contributed by atoms with Gasteiger partial charge in [-0.05, 0) is 71.8 Å². The fourth-order valence-corrected chi connectivity index (χ4v) is 12.1. The molecule has 0 aliphatic heterocycles. The van der Waals surface area contributed by atoms with Crippen LogP contribution in [-0.4, -0.2) is 24.1 Å². The zero-order valence-electron chi connectivity index (χ0n) is 37.4. The lowest BCUT2D eigenvalue weighted by Gasteiger charge is -2.10. The second-order valence-electron chi connectivity index (χ2n) is 17.9. The third-order valence-electron chi connectivity index (χ3n) is 14.0. The van der Waals surface area contributed by atoms with E-state index in [0.717, 1.165) is 76.8 Å². The van der Waals surface area contributed by atoms with E-state index < -0.39 is 0 Å². The second-order valence-corrected chi connectivity index (χ2v) is 18.9. The molecule has 0 fully saturated rings. The number of benzene rings is 10. The predicted octanol–water partition coefficient (Wildman–Crippen LogP) is 17.0. The van der Waals surface area contributed by atoms with Gasteiger partial charge in [-0.3, -0.25) is 0 Å². The number of hydrogen-bond donors (Lipinski definition) is 0. The molecule has 6 nitrogen and oxygen atoms in total. The van der Waals surface area contributed by atoms with E-state index in [4.69, 9.17) is 19.4 Å². The molecule has 326 valence electrons. The summed E-state index contributed by atoms with van der Waals surface area (Å²) in [5.74, 6) is 1.95. The largest absolute Gasteiger partial charge is 0.454 e. The smallest absolute Gasteiger partial charge is 0.165 e.